The van der Waals surface area contributed by atoms with Crippen molar-refractivity contribution in [2.24, 2.45) is 5.92 Å². The first kappa shape index (κ1) is 23.8. The number of methoxy groups -OCH3 is 1. The summed E-state index contributed by atoms with van der Waals surface area (Å²) in [5.41, 5.74) is 6.22. The molecule has 0 radical (unpaired) electrons. The molecule has 6 heteroatoms. The molecule has 6 nitrogen and oxygen atoms in total. The average molecular weight is 473 g/mol. The van der Waals surface area contributed by atoms with Gasteiger partial charge in [-0.1, -0.05) is 44.2 Å². The number of nitrogens with one attached hydrogen (secondary N) is 1. The molecule has 184 valence electrons. The molecule has 2 aromatic carbocycles. The Morgan fingerprint density at radius 1 is 1.17 bits per heavy atom. The molecule has 1 aliphatic heterocycles. The number of piperidine rings is 1. The highest BCUT2D eigenvalue weighted by Gasteiger charge is 2.54. The number of carbonyl (C=O) groups excluding carboxylic acids is 1. The molecule has 1 saturated heterocycles. The summed E-state index contributed by atoms with van der Waals surface area (Å²) in [6, 6.07) is 17.0. The largest absolute Gasteiger partial charge is 0.378 e. The quantitative estimate of drug-likeness (QED) is 0.572. The molecule has 3 aromatic rings. The van der Waals surface area contributed by atoms with E-state index in [9.17, 15) is 4.79 Å². The number of rotatable bonds is 6. The topological polar surface area (TPSA) is 59.4 Å². The van der Waals surface area contributed by atoms with Crippen molar-refractivity contribution in [2.45, 2.75) is 57.7 Å². The van der Waals surface area contributed by atoms with Crippen LogP contribution in [0.25, 0.3) is 5.69 Å². The van der Waals surface area contributed by atoms with Crippen LogP contribution in [-0.2, 0) is 21.5 Å². The molecule has 0 saturated carbocycles. The van der Waals surface area contributed by atoms with Gasteiger partial charge in [-0.15, -0.1) is 0 Å². The molecule has 2 atom stereocenters. The second-order valence-electron chi connectivity index (χ2n) is 10.4. The molecule has 1 spiro atoms. The number of carbonyl (C=O) groups is 1. The Labute approximate surface area is 208 Å². The van der Waals surface area contributed by atoms with Crippen LogP contribution in [0.5, 0.6) is 0 Å². The Kier molecular flexibility index (Phi) is 6.51. The Hall–Kier alpha value is -2.96. The average Bonchev–Trinajstić information content (AvgIpc) is 3.48. The van der Waals surface area contributed by atoms with Crippen LogP contribution in [0, 0.1) is 12.8 Å². The third-order valence-corrected chi connectivity index (χ3v) is 7.99. The normalized spacial score (nSPS) is 21.4. The van der Waals surface area contributed by atoms with Crippen LogP contribution < -0.4 is 5.32 Å². The van der Waals surface area contributed by atoms with E-state index in [0.717, 1.165) is 38.2 Å². The Morgan fingerprint density at radius 3 is 2.60 bits per heavy atom. The van der Waals surface area contributed by atoms with Gasteiger partial charge in [0.1, 0.15) is 0 Å². The number of nitrogens with zero attached hydrogens (tertiary/aromatic N) is 3. The summed E-state index contributed by atoms with van der Waals surface area (Å²) < 4.78 is 8.06. The summed E-state index contributed by atoms with van der Waals surface area (Å²) in [5.74, 6) is 0.0244. The molecule has 35 heavy (non-hydrogen) atoms. The van der Waals surface area contributed by atoms with E-state index in [1.165, 1.54) is 22.3 Å². The Balaban J connectivity index is 1.33. The lowest BCUT2D eigenvalue weighted by atomic mass is 9.71. The van der Waals surface area contributed by atoms with Crippen molar-refractivity contribution < 1.29 is 9.53 Å². The number of benzene rings is 2. The third kappa shape index (κ3) is 4.30. The van der Waals surface area contributed by atoms with Crippen LogP contribution in [0.3, 0.4) is 0 Å². The Bertz CT molecular complexity index is 1180. The number of amides is 1. The van der Waals surface area contributed by atoms with E-state index < -0.39 is 0 Å². The van der Waals surface area contributed by atoms with E-state index in [1.54, 1.807) is 13.3 Å². The van der Waals surface area contributed by atoms with Gasteiger partial charge in [0.15, 0.2) is 0 Å². The van der Waals surface area contributed by atoms with Gasteiger partial charge in [-0.05, 0) is 73.3 Å². The number of aryl methyl sites for hydroxylation is 1. The number of likely N-dealkylation sites (tertiary alicyclic amines) is 1. The van der Waals surface area contributed by atoms with Crippen LogP contribution in [-0.4, -0.2) is 46.9 Å². The molecule has 1 aromatic heterocycles. The van der Waals surface area contributed by atoms with Gasteiger partial charge in [0.2, 0.25) is 5.91 Å². The lowest BCUT2D eigenvalue weighted by molar-refractivity contribution is -0.126. The van der Waals surface area contributed by atoms with Crippen LogP contribution in [0.1, 0.15) is 55.0 Å². The van der Waals surface area contributed by atoms with Gasteiger partial charge in [-0.3, -0.25) is 9.69 Å². The maximum Gasteiger partial charge on any atom is 0.223 e. The number of hydrogen-bond donors (Lipinski definition) is 1. The molecule has 2 heterocycles. The van der Waals surface area contributed by atoms with Crippen LogP contribution in [0.15, 0.2) is 60.9 Å². The zero-order chi connectivity index (χ0) is 24.6. The van der Waals surface area contributed by atoms with Crippen molar-refractivity contribution in [3.63, 3.8) is 0 Å². The lowest BCUT2D eigenvalue weighted by Gasteiger charge is -2.44. The fraction of sp³-hybridized carbons (Fsp3) is 0.448. The zero-order valence-electron chi connectivity index (χ0n) is 21.2. The second-order valence-corrected chi connectivity index (χ2v) is 10.4. The summed E-state index contributed by atoms with van der Waals surface area (Å²) in [6.07, 6.45) is 5.75. The van der Waals surface area contributed by atoms with Crippen molar-refractivity contribution in [3.8, 4) is 5.69 Å². The maximum atomic E-state index is 12.6. The molecular formula is C29H36N4O2. The number of hydrogen-bond acceptors (Lipinski definition) is 4. The molecule has 1 fully saturated rings. The van der Waals surface area contributed by atoms with Crippen LogP contribution in [0.4, 0.5) is 0 Å². The summed E-state index contributed by atoms with van der Waals surface area (Å²) in [6.45, 7) is 9.00. The van der Waals surface area contributed by atoms with E-state index in [1.807, 2.05) is 30.8 Å². The number of ether oxygens (including phenoxy) is 1. The first-order chi connectivity index (χ1) is 16.9. The van der Waals surface area contributed by atoms with Crippen molar-refractivity contribution in [1.82, 2.24) is 20.0 Å². The van der Waals surface area contributed by atoms with Crippen molar-refractivity contribution in [1.29, 1.82) is 0 Å². The van der Waals surface area contributed by atoms with Crippen molar-refractivity contribution in [2.75, 3.05) is 20.2 Å². The predicted octanol–water partition coefficient (Wildman–Crippen LogP) is 4.56. The predicted molar refractivity (Wildman–Crippen MR) is 137 cm³/mol. The first-order valence-electron chi connectivity index (χ1n) is 12.7. The van der Waals surface area contributed by atoms with Crippen molar-refractivity contribution >= 4 is 5.91 Å². The second kappa shape index (κ2) is 9.59. The van der Waals surface area contributed by atoms with Gasteiger partial charge >= 0.3 is 0 Å². The van der Waals surface area contributed by atoms with E-state index in [2.05, 4.69) is 64.7 Å². The van der Waals surface area contributed by atoms with E-state index in [0.29, 0.717) is 0 Å². The minimum Gasteiger partial charge on any atom is -0.378 e. The monoisotopic (exact) mass is 472 g/mol. The molecule has 1 amide bonds. The minimum atomic E-state index is -0.102. The van der Waals surface area contributed by atoms with Crippen LogP contribution in [0.2, 0.25) is 0 Å². The van der Waals surface area contributed by atoms with Gasteiger partial charge in [-0.2, -0.15) is 5.10 Å². The standard InChI is InChI=1S/C29H36N4O2/c1-20(2)28(34)31-26-24-8-5-6-9-25(24)29(27(26)35-4)12-16-32(17-13-29)19-22-10-11-23(18-21(22)3)33-15-7-14-30-33/h5-11,14-15,18,20,26-27H,12-13,16-17,19H2,1-4H3,(H,31,34)/t26-,27+/m1/s1. The van der Waals surface area contributed by atoms with Gasteiger partial charge in [0.05, 0.1) is 17.8 Å². The first-order valence-corrected chi connectivity index (χ1v) is 12.7. The number of fused-ring (bicyclic) bond motifs is 2. The molecule has 1 aliphatic carbocycles. The zero-order valence-corrected chi connectivity index (χ0v) is 21.2. The van der Waals surface area contributed by atoms with Crippen molar-refractivity contribution in [3.05, 3.63) is 83.2 Å². The lowest BCUT2D eigenvalue weighted by Crippen LogP contribution is -2.50. The maximum absolute atomic E-state index is 12.6. The van der Waals surface area contributed by atoms with Gasteiger partial charge in [-0.25, -0.2) is 4.68 Å². The van der Waals surface area contributed by atoms with Gasteiger partial charge in [0, 0.05) is 37.4 Å². The smallest absolute Gasteiger partial charge is 0.223 e. The fourth-order valence-electron chi connectivity index (χ4n) is 6.02. The molecule has 0 bridgehead atoms. The van der Waals surface area contributed by atoms with Gasteiger partial charge in [0.25, 0.3) is 0 Å². The van der Waals surface area contributed by atoms with E-state index >= 15 is 0 Å². The molecule has 1 N–H and O–H groups in total. The molecule has 5 rings (SSSR count). The summed E-state index contributed by atoms with van der Waals surface area (Å²) in [7, 11) is 1.80. The molecule has 0 unspecified atom stereocenters. The molecular weight excluding hydrogens is 436 g/mol. The summed E-state index contributed by atoms with van der Waals surface area (Å²) in [5, 5.41) is 7.65. The van der Waals surface area contributed by atoms with Crippen LogP contribution >= 0.6 is 0 Å². The van der Waals surface area contributed by atoms with E-state index in [-0.39, 0.29) is 29.4 Å². The fourth-order valence-corrected chi connectivity index (χ4v) is 6.02. The third-order valence-electron chi connectivity index (χ3n) is 7.99. The number of aromatic nitrogens is 2. The minimum absolute atomic E-state index is 0.0546. The highest BCUT2D eigenvalue weighted by atomic mass is 16.5. The Morgan fingerprint density at radius 2 is 1.94 bits per heavy atom. The van der Waals surface area contributed by atoms with Gasteiger partial charge < -0.3 is 10.1 Å². The highest BCUT2D eigenvalue weighted by Crippen LogP contribution is 2.52. The van der Waals surface area contributed by atoms with E-state index in [4.69, 9.17) is 4.74 Å². The SMILES string of the molecule is CO[C@H]1[C@H](NC(=O)C(C)C)c2ccccc2C12CCN(Cc1ccc(-n3cccn3)cc1C)CC2. The highest BCUT2D eigenvalue weighted by molar-refractivity contribution is 5.78. The molecule has 2 aliphatic rings. The summed E-state index contributed by atoms with van der Waals surface area (Å²) >= 11 is 0. The summed E-state index contributed by atoms with van der Waals surface area (Å²) in [4.78, 5) is 15.2.